The SMILES string of the molecule is CCNC(=NCc1ccc(S(=O)(=O)N2CCCCC2)cc1)NCC(=O)N1CCCC1. The van der Waals surface area contributed by atoms with Gasteiger partial charge in [0, 0.05) is 32.7 Å². The summed E-state index contributed by atoms with van der Waals surface area (Å²) >= 11 is 0. The summed E-state index contributed by atoms with van der Waals surface area (Å²) in [6.07, 6.45) is 5.08. The van der Waals surface area contributed by atoms with Crippen LogP contribution < -0.4 is 10.6 Å². The molecular weight excluding hydrogens is 402 g/mol. The van der Waals surface area contributed by atoms with Crippen molar-refractivity contribution in [1.29, 1.82) is 0 Å². The first-order valence-corrected chi connectivity index (χ1v) is 12.3. The van der Waals surface area contributed by atoms with Gasteiger partial charge in [0.1, 0.15) is 0 Å². The molecule has 2 saturated heterocycles. The van der Waals surface area contributed by atoms with E-state index in [0.717, 1.165) is 50.8 Å². The number of amides is 1. The summed E-state index contributed by atoms with van der Waals surface area (Å²) in [4.78, 5) is 18.9. The average Bonchev–Trinajstić information content (AvgIpc) is 3.31. The summed E-state index contributed by atoms with van der Waals surface area (Å²) < 4.78 is 27.1. The monoisotopic (exact) mass is 435 g/mol. The van der Waals surface area contributed by atoms with Crippen LogP contribution in [0.15, 0.2) is 34.2 Å². The molecule has 0 bridgehead atoms. The maximum absolute atomic E-state index is 12.8. The number of carbonyl (C=O) groups excluding carboxylic acids is 1. The lowest BCUT2D eigenvalue weighted by molar-refractivity contribution is -0.128. The number of likely N-dealkylation sites (tertiary alicyclic amines) is 1. The molecule has 2 heterocycles. The third-order valence-corrected chi connectivity index (χ3v) is 7.42. The zero-order valence-electron chi connectivity index (χ0n) is 17.8. The summed E-state index contributed by atoms with van der Waals surface area (Å²) in [6, 6.07) is 6.93. The van der Waals surface area contributed by atoms with E-state index in [1.54, 1.807) is 28.6 Å². The van der Waals surface area contributed by atoms with E-state index >= 15 is 0 Å². The number of hydrogen-bond acceptors (Lipinski definition) is 4. The minimum atomic E-state index is -3.41. The highest BCUT2D eigenvalue weighted by Gasteiger charge is 2.25. The molecule has 0 aliphatic carbocycles. The molecule has 1 aromatic rings. The third kappa shape index (κ3) is 5.95. The van der Waals surface area contributed by atoms with Gasteiger partial charge in [-0.1, -0.05) is 18.6 Å². The normalized spacial score (nSPS) is 18.4. The fourth-order valence-corrected chi connectivity index (χ4v) is 5.29. The summed E-state index contributed by atoms with van der Waals surface area (Å²) in [7, 11) is -3.41. The quantitative estimate of drug-likeness (QED) is 0.501. The van der Waals surface area contributed by atoms with Crippen LogP contribution in [-0.2, 0) is 21.4 Å². The maximum atomic E-state index is 12.8. The fraction of sp³-hybridized carbons (Fsp3) is 0.619. The van der Waals surface area contributed by atoms with Crippen molar-refractivity contribution in [2.75, 3.05) is 39.3 Å². The van der Waals surface area contributed by atoms with Gasteiger partial charge in [0.05, 0.1) is 18.0 Å². The minimum absolute atomic E-state index is 0.0883. The minimum Gasteiger partial charge on any atom is -0.357 e. The Labute approximate surface area is 179 Å². The molecule has 8 nitrogen and oxygen atoms in total. The van der Waals surface area contributed by atoms with E-state index in [1.165, 1.54) is 0 Å². The van der Waals surface area contributed by atoms with Crippen molar-refractivity contribution in [3.8, 4) is 0 Å². The van der Waals surface area contributed by atoms with E-state index < -0.39 is 10.0 Å². The number of guanidine groups is 1. The van der Waals surface area contributed by atoms with Crippen molar-refractivity contribution >= 4 is 21.9 Å². The predicted octanol–water partition coefficient (Wildman–Crippen LogP) is 1.54. The molecule has 30 heavy (non-hydrogen) atoms. The number of benzene rings is 1. The van der Waals surface area contributed by atoms with Crippen LogP contribution in [0.2, 0.25) is 0 Å². The van der Waals surface area contributed by atoms with Crippen molar-refractivity contribution in [3.05, 3.63) is 29.8 Å². The summed E-state index contributed by atoms with van der Waals surface area (Å²) in [6.45, 7) is 6.15. The molecule has 2 N–H and O–H groups in total. The van der Waals surface area contributed by atoms with Crippen LogP contribution in [0.25, 0.3) is 0 Å². The first-order valence-electron chi connectivity index (χ1n) is 10.9. The standard InChI is InChI=1S/C21H33N5O3S/c1-2-22-21(24-17-20(27)25-12-6-7-13-25)23-16-18-8-10-19(11-9-18)30(28,29)26-14-4-3-5-15-26/h8-11H,2-7,12-17H2,1H3,(H2,22,23,24). The average molecular weight is 436 g/mol. The molecule has 0 spiro atoms. The van der Waals surface area contributed by atoms with Crippen molar-refractivity contribution in [2.24, 2.45) is 4.99 Å². The largest absolute Gasteiger partial charge is 0.357 e. The fourth-order valence-electron chi connectivity index (χ4n) is 3.77. The number of nitrogens with one attached hydrogen (secondary N) is 2. The Morgan fingerprint density at radius 1 is 0.967 bits per heavy atom. The summed E-state index contributed by atoms with van der Waals surface area (Å²) in [5.74, 6) is 0.667. The van der Waals surface area contributed by atoms with Gasteiger partial charge in [0.25, 0.3) is 0 Å². The van der Waals surface area contributed by atoms with Gasteiger partial charge in [0.15, 0.2) is 5.96 Å². The molecular formula is C21H33N5O3S. The smallest absolute Gasteiger partial charge is 0.243 e. The van der Waals surface area contributed by atoms with Crippen molar-refractivity contribution < 1.29 is 13.2 Å². The Bertz CT molecular complexity index is 827. The van der Waals surface area contributed by atoms with Crippen LogP contribution in [-0.4, -0.2) is 68.8 Å². The Morgan fingerprint density at radius 3 is 2.23 bits per heavy atom. The van der Waals surface area contributed by atoms with Gasteiger partial charge in [-0.2, -0.15) is 4.31 Å². The van der Waals surface area contributed by atoms with Crippen LogP contribution in [0.1, 0.15) is 44.6 Å². The third-order valence-electron chi connectivity index (χ3n) is 5.51. The summed E-state index contributed by atoms with van der Waals surface area (Å²) in [5, 5.41) is 6.23. The predicted molar refractivity (Wildman–Crippen MR) is 118 cm³/mol. The van der Waals surface area contributed by atoms with E-state index in [9.17, 15) is 13.2 Å². The van der Waals surface area contributed by atoms with Gasteiger partial charge in [0.2, 0.25) is 15.9 Å². The Balaban J connectivity index is 1.58. The van der Waals surface area contributed by atoms with Gasteiger partial charge in [-0.05, 0) is 50.3 Å². The van der Waals surface area contributed by atoms with Crippen molar-refractivity contribution in [3.63, 3.8) is 0 Å². The number of nitrogens with zero attached hydrogens (tertiary/aromatic N) is 3. The zero-order chi connectivity index (χ0) is 21.4. The number of carbonyl (C=O) groups is 1. The van der Waals surface area contributed by atoms with Crippen LogP contribution in [0.3, 0.4) is 0 Å². The molecule has 2 fully saturated rings. The van der Waals surface area contributed by atoms with E-state index in [4.69, 9.17) is 0 Å². The Kier molecular flexibility index (Phi) is 8.09. The first-order chi connectivity index (χ1) is 14.5. The lowest BCUT2D eigenvalue weighted by Gasteiger charge is -2.25. The van der Waals surface area contributed by atoms with Gasteiger partial charge in [-0.15, -0.1) is 0 Å². The highest BCUT2D eigenvalue weighted by molar-refractivity contribution is 7.89. The lowest BCUT2D eigenvalue weighted by Crippen LogP contribution is -2.44. The molecule has 0 radical (unpaired) electrons. The Hall–Kier alpha value is -2.13. The van der Waals surface area contributed by atoms with Gasteiger partial charge >= 0.3 is 0 Å². The molecule has 166 valence electrons. The van der Waals surface area contributed by atoms with Crippen LogP contribution >= 0.6 is 0 Å². The van der Waals surface area contributed by atoms with Crippen molar-refractivity contribution in [2.45, 2.75) is 50.5 Å². The lowest BCUT2D eigenvalue weighted by atomic mass is 10.2. The first kappa shape index (κ1) is 22.6. The molecule has 2 aliphatic heterocycles. The van der Waals surface area contributed by atoms with Crippen LogP contribution in [0, 0.1) is 0 Å². The molecule has 1 aromatic carbocycles. The highest BCUT2D eigenvalue weighted by Crippen LogP contribution is 2.21. The number of rotatable bonds is 7. The maximum Gasteiger partial charge on any atom is 0.243 e. The zero-order valence-corrected chi connectivity index (χ0v) is 18.6. The van der Waals surface area contributed by atoms with Gasteiger partial charge in [-0.3, -0.25) is 4.79 Å². The molecule has 0 aromatic heterocycles. The van der Waals surface area contributed by atoms with Gasteiger partial charge < -0.3 is 15.5 Å². The molecule has 0 saturated carbocycles. The van der Waals surface area contributed by atoms with Gasteiger partial charge in [-0.25, -0.2) is 13.4 Å². The molecule has 9 heteroatoms. The molecule has 3 rings (SSSR count). The highest BCUT2D eigenvalue weighted by atomic mass is 32.2. The molecule has 0 atom stereocenters. The summed E-state index contributed by atoms with van der Waals surface area (Å²) in [5.41, 5.74) is 0.913. The van der Waals surface area contributed by atoms with Crippen molar-refractivity contribution in [1.82, 2.24) is 19.8 Å². The number of sulfonamides is 1. The number of aliphatic imine (C=N–C) groups is 1. The number of piperidine rings is 1. The van der Waals surface area contributed by atoms with E-state index in [0.29, 0.717) is 37.0 Å². The molecule has 0 unspecified atom stereocenters. The van der Waals surface area contributed by atoms with E-state index in [-0.39, 0.29) is 12.5 Å². The molecule has 2 aliphatic rings. The number of hydrogen-bond donors (Lipinski definition) is 2. The second-order valence-corrected chi connectivity index (χ2v) is 9.68. The second-order valence-electron chi connectivity index (χ2n) is 7.75. The molecule has 1 amide bonds. The second kappa shape index (κ2) is 10.8. The van der Waals surface area contributed by atoms with E-state index in [2.05, 4.69) is 15.6 Å². The topological polar surface area (TPSA) is 94.1 Å². The van der Waals surface area contributed by atoms with Crippen LogP contribution in [0.4, 0.5) is 0 Å². The Morgan fingerprint density at radius 2 is 1.60 bits per heavy atom. The van der Waals surface area contributed by atoms with E-state index in [1.807, 2.05) is 11.8 Å². The van der Waals surface area contributed by atoms with Crippen LogP contribution in [0.5, 0.6) is 0 Å².